The number of rotatable bonds is 7. The van der Waals surface area contributed by atoms with Gasteiger partial charge in [-0.25, -0.2) is 0 Å². The number of nitrogens with zero attached hydrogens (tertiary/aromatic N) is 2. The minimum absolute atomic E-state index is 0.268. The van der Waals surface area contributed by atoms with Gasteiger partial charge in [-0.1, -0.05) is 26.7 Å². The van der Waals surface area contributed by atoms with E-state index in [1.165, 1.54) is 0 Å². The lowest BCUT2D eigenvalue weighted by atomic mass is 9.90. The molecule has 1 aromatic rings. The van der Waals surface area contributed by atoms with Gasteiger partial charge in [0.15, 0.2) is 0 Å². The van der Waals surface area contributed by atoms with Crippen LogP contribution >= 0.6 is 15.9 Å². The summed E-state index contributed by atoms with van der Waals surface area (Å²) in [5.41, 5.74) is 0.928. The molecular formula is C14H25BrN2O. The zero-order chi connectivity index (χ0) is 13.7. The summed E-state index contributed by atoms with van der Waals surface area (Å²) in [6.07, 6.45) is 5.69. The molecule has 1 heterocycles. The van der Waals surface area contributed by atoms with E-state index in [4.69, 9.17) is 0 Å². The summed E-state index contributed by atoms with van der Waals surface area (Å²) >= 11 is 3.51. The van der Waals surface area contributed by atoms with Crippen LogP contribution in [0.3, 0.4) is 0 Å². The maximum Gasteiger partial charge on any atom is 0.0996 e. The van der Waals surface area contributed by atoms with Crippen molar-refractivity contribution in [3.8, 4) is 0 Å². The summed E-state index contributed by atoms with van der Waals surface area (Å²) in [5.74, 6) is 0.325. The van der Waals surface area contributed by atoms with Gasteiger partial charge in [-0.15, -0.1) is 0 Å². The van der Waals surface area contributed by atoms with Gasteiger partial charge in [-0.05, 0) is 48.5 Å². The van der Waals surface area contributed by atoms with Gasteiger partial charge in [0.25, 0.3) is 0 Å². The van der Waals surface area contributed by atoms with Crippen LogP contribution in [0, 0.1) is 5.92 Å². The Hall–Kier alpha value is -0.350. The van der Waals surface area contributed by atoms with Gasteiger partial charge < -0.3 is 5.11 Å². The zero-order valence-corrected chi connectivity index (χ0v) is 13.4. The van der Waals surface area contributed by atoms with Crippen LogP contribution in [0.5, 0.6) is 0 Å². The first-order chi connectivity index (χ1) is 8.52. The minimum atomic E-state index is -0.427. The highest BCUT2D eigenvalue weighted by molar-refractivity contribution is 9.10. The quantitative estimate of drug-likeness (QED) is 0.805. The highest BCUT2D eigenvalue weighted by Gasteiger charge is 2.26. The Kier molecular flexibility index (Phi) is 6.36. The number of aromatic nitrogens is 2. The SMILES string of the molecule is CCCC(CCC)C(O)c1c(Br)cnn1C(C)C. The normalized spacial score (nSPS) is 13.6. The average molecular weight is 317 g/mol. The van der Waals surface area contributed by atoms with E-state index in [-0.39, 0.29) is 6.04 Å². The fourth-order valence-electron chi connectivity index (χ4n) is 2.46. The Labute approximate surface area is 119 Å². The third kappa shape index (κ3) is 3.58. The molecule has 0 saturated heterocycles. The molecule has 1 aromatic heterocycles. The lowest BCUT2D eigenvalue weighted by Gasteiger charge is -2.24. The number of aliphatic hydroxyl groups is 1. The topological polar surface area (TPSA) is 38.1 Å². The van der Waals surface area contributed by atoms with E-state index >= 15 is 0 Å². The zero-order valence-electron chi connectivity index (χ0n) is 11.9. The molecule has 0 saturated carbocycles. The van der Waals surface area contributed by atoms with Crippen molar-refractivity contribution in [2.75, 3.05) is 0 Å². The second-order valence-electron chi connectivity index (χ2n) is 5.20. The summed E-state index contributed by atoms with van der Waals surface area (Å²) in [4.78, 5) is 0. The van der Waals surface area contributed by atoms with Crippen LogP contribution < -0.4 is 0 Å². The van der Waals surface area contributed by atoms with Crippen LogP contribution in [0.1, 0.15) is 71.2 Å². The monoisotopic (exact) mass is 316 g/mol. The first kappa shape index (κ1) is 15.7. The fourth-order valence-corrected chi connectivity index (χ4v) is 2.97. The minimum Gasteiger partial charge on any atom is -0.386 e. The van der Waals surface area contributed by atoms with E-state index in [1.807, 2.05) is 4.68 Å². The molecule has 0 radical (unpaired) electrons. The van der Waals surface area contributed by atoms with E-state index in [1.54, 1.807) is 6.20 Å². The average Bonchev–Trinajstić information content (AvgIpc) is 2.70. The van der Waals surface area contributed by atoms with Gasteiger partial charge in [0.1, 0.15) is 0 Å². The molecule has 0 aromatic carbocycles. The van der Waals surface area contributed by atoms with E-state index in [0.29, 0.717) is 5.92 Å². The van der Waals surface area contributed by atoms with Crippen LogP contribution in [0.2, 0.25) is 0 Å². The van der Waals surface area contributed by atoms with Crippen LogP contribution in [-0.4, -0.2) is 14.9 Å². The standard InChI is InChI=1S/C14H25BrN2O/c1-5-7-11(8-6-2)14(18)13-12(15)9-16-17(13)10(3)4/h9-11,14,18H,5-8H2,1-4H3. The predicted molar refractivity (Wildman–Crippen MR) is 78.6 cm³/mol. The van der Waals surface area contributed by atoms with Crippen LogP contribution in [0.25, 0.3) is 0 Å². The van der Waals surface area contributed by atoms with Crippen LogP contribution in [-0.2, 0) is 0 Å². The fraction of sp³-hybridized carbons (Fsp3) is 0.786. The van der Waals surface area contributed by atoms with Crippen molar-refractivity contribution in [2.45, 2.75) is 65.5 Å². The van der Waals surface area contributed by atoms with E-state index < -0.39 is 6.10 Å². The Morgan fingerprint density at radius 2 is 1.83 bits per heavy atom. The molecule has 0 spiro atoms. The van der Waals surface area contributed by atoms with Gasteiger partial charge in [0.05, 0.1) is 22.5 Å². The largest absolute Gasteiger partial charge is 0.386 e. The molecule has 0 aliphatic carbocycles. The third-order valence-electron chi connectivity index (χ3n) is 3.32. The maximum absolute atomic E-state index is 10.7. The summed E-state index contributed by atoms with van der Waals surface area (Å²) in [5, 5.41) is 15.0. The van der Waals surface area contributed by atoms with Gasteiger partial charge in [-0.3, -0.25) is 4.68 Å². The summed E-state index contributed by atoms with van der Waals surface area (Å²) in [7, 11) is 0. The van der Waals surface area contributed by atoms with E-state index in [9.17, 15) is 5.11 Å². The molecular weight excluding hydrogens is 292 g/mol. The molecule has 0 aliphatic rings. The van der Waals surface area contributed by atoms with Crippen molar-refractivity contribution in [3.05, 3.63) is 16.4 Å². The molecule has 4 heteroatoms. The van der Waals surface area contributed by atoms with Gasteiger partial charge in [0.2, 0.25) is 0 Å². The Morgan fingerprint density at radius 3 is 2.28 bits per heavy atom. The second-order valence-corrected chi connectivity index (χ2v) is 6.05. The number of halogens is 1. The summed E-state index contributed by atoms with van der Waals surface area (Å²) < 4.78 is 2.84. The predicted octanol–water partition coefficient (Wildman–Crippen LogP) is 4.48. The number of hydrogen-bond acceptors (Lipinski definition) is 2. The second kappa shape index (κ2) is 7.29. The Balaban J connectivity index is 2.99. The molecule has 1 atom stereocenters. The number of hydrogen-bond donors (Lipinski definition) is 1. The molecule has 1 unspecified atom stereocenters. The van der Waals surface area contributed by atoms with Gasteiger partial charge in [0, 0.05) is 6.04 Å². The van der Waals surface area contributed by atoms with Crippen molar-refractivity contribution in [3.63, 3.8) is 0 Å². The molecule has 0 fully saturated rings. The summed E-state index contributed by atoms with van der Waals surface area (Å²) in [6, 6.07) is 0.268. The molecule has 1 N–H and O–H groups in total. The first-order valence-corrected chi connectivity index (χ1v) is 7.73. The van der Waals surface area contributed by atoms with Gasteiger partial charge >= 0.3 is 0 Å². The smallest absolute Gasteiger partial charge is 0.0996 e. The highest BCUT2D eigenvalue weighted by atomic mass is 79.9. The third-order valence-corrected chi connectivity index (χ3v) is 3.93. The Morgan fingerprint density at radius 1 is 1.28 bits per heavy atom. The van der Waals surface area contributed by atoms with E-state index in [0.717, 1.165) is 35.8 Å². The van der Waals surface area contributed by atoms with Crippen LogP contribution in [0.15, 0.2) is 10.7 Å². The van der Waals surface area contributed by atoms with Crippen molar-refractivity contribution >= 4 is 15.9 Å². The molecule has 0 aliphatic heterocycles. The lowest BCUT2D eigenvalue weighted by molar-refractivity contribution is 0.0858. The van der Waals surface area contributed by atoms with Crippen molar-refractivity contribution in [1.29, 1.82) is 0 Å². The molecule has 104 valence electrons. The van der Waals surface area contributed by atoms with E-state index in [2.05, 4.69) is 48.7 Å². The molecule has 0 amide bonds. The molecule has 1 rings (SSSR count). The lowest BCUT2D eigenvalue weighted by Crippen LogP contribution is -2.18. The van der Waals surface area contributed by atoms with Gasteiger partial charge in [-0.2, -0.15) is 5.10 Å². The summed E-state index contributed by atoms with van der Waals surface area (Å²) in [6.45, 7) is 8.52. The van der Waals surface area contributed by atoms with Crippen molar-refractivity contribution in [1.82, 2.24) is 9.78 Å². The maximum atomic E-state index is 10.7. The first-order valence-electron chi connectivity index (χ1n) is 6.93. The number of aliphatic hydroxyl groups excluding tert-OH is 1. The molecule has 18 heavy (non-hydrogen) atoms. The highest BCUT2D eigenvalue weighted by Crippen LogP contribution is 2.34. The Bertz CT molecular complexity index is 357. The van der Waals surface area contributed by atoms with Crippen molar-refractivity contribution < 1.29 is 5.11 Å². The molecule has 3 nitrogen and oxygen atoms in total. The van der Waals surface area contributed by atoms with Crippen LogP contribution in [0.4, 0.5) is 0 Å². The van der Waals surface area contributed by atoms with Crippen molar-refractivity contribution in [2.24, 2.45) is 5.92 Å². The molecule has 0 bridgehead atoms.